The molecule has 0 spiro atoms. The quantitative estimate of drug-likeness (QED) is 0.859. The summed E-state index contributed by atoms with van der Waals surface area (Å²) in [6.45, 7) is 1.41. The van der Waals surface area contributed by atoms with Crippen LogP contribution in [0.4, 0.5) is 0 Å². The van der Waals surface area contributed by atoms with E-state index >= 15 is 0 Å². The maximum atomic E-state index is 12.5. The third-order valence-electron chi connectivity index (χ3n) is 4.67. The maximum absolute atomic E-state index is 12.5. The first kappa shape index (κ1) is 14.9. The molecule has 1 aliphatic carbocycles. The second kappa shape index (κ2) is 5.66. The Morgan fingerprint density at radius 2 is 1.76 bits per heavy atom. The summed E-state index contributed by atoms with van der Waals surface area (Å²) in [5.41, 5.74) is 7.10. The van der Waals surface area contributed by atoms with Crippen molar-refractivity contribution >= 4 is 27.2 Å². The third kappa shape index (κ3) is 3.12. The molecule has 4 nitrogen and oxygen atoms in total. The number of benzene rings is 1. The second-order valence-corrected chi connectivity index (χ2v) is 8.49. The Balaban J connectivity index is 1.70. The van der Waals surface area contributed by atoms with Crippen molar-refractivity contribution in [3.8, 4) is 0 Å². The molecular weight excluding hydrogens is 304 g/mol. The molecule has 1 saturated carbocycles. The largest absolute Gasteiger partial charge is 0.389 e. The van der Waals surface area contributed by atoms with Crippen molar-refractivity contribution < 1.29 is 8.42 Å². The van der Waals surface area contributed by atoms with Crippen molar-refractivity contribution in [2.24, 2.45) is 17.6 Å². The van der Waals surface area contributed by atoms with Gasteiger partial charge in [-0.25, -0.2) is 12.7 Å². The molecule has 21 heavy (non-hydrogen) atoms. The SMILES string of the molecule is NC(=S)c1ccc(CS(=O)(=O)N2CC3CCCC3C2)cc1. The molecule has 1 saturated heterocycles. The van der Waals surface area contributed by atoms with Gasteiger partial charge in [0.15, 0.2) is 0 Å². The van der Waals surface area contributed by atoms with Gasteiger partial charge in [-0.05, 0) is 30.2 Å². The topological polar surface area (TPSA) is 63.4 Å². The van der Waals surface area contributed by atoms with E-state index in [-0.39, 0.29) is 5.75 Å². The highest BCUT2D eigenvalue weighted by Crippen LogP contribution is 2.39. The summed E-state index contributed by atoms with van der Waals surface area (Å²) in [5, 5.41) is 0. The van der Waals surface area contributed by atoms with Crippen LogP contribution in [-0.4, -0.2) is 30.8 Å². The molecule has 2 atom stereocenters. The molecule has 1 aromatic carbocycles. The Bertz CT molecular complexity index is 628. The van der Waals surface area contributed by atoms with E-state index in [1.807, 2.05) is 0 Å². The molecule has 3 rings (SSSR count). The van der Waals surface area contributed by atoms with Crippen LogP contribution in [0.1, 0.15) is 30.4 Å². The Hall–Kier alpha value is -0.980. The molecule has 1 heterocycles. The van der Waals surface area contributed by atoms with E-state index in [1.54, 1.807) is 28.6 Å². The molecule has 0 amide bonds. The van der Waals surface area contributed by atoms with Crippen LogP contribution in [0.5, 0.6) is 0 Å². The molecule has 2 fully saturated rings. The van der Waals surface area contributed by atoms with Crippen LogP contribution >= 0.6 is 12.2 Å². The highest BCUT2D eigenvalue weighted by Gasteiger charge is 2.40. The van der Waals surface area contributed by atoms with Gasteiger partial charge < -0.3 is 5.73 Å². The molecule has 2 aliphatic rings. The van der Waals surface area contributed by atoms with Gasteiger partial charge in [-0.2, -0.15) is 0 Å². The molecule has 6 heteroatoms. The minimum atomic E-state index is -3.22. The zero-order valence-electron chi connectivity index (χ0n) is 11.9. The maximum Gasteiger partial charge on any atom is 0.218 e. The minimum absolute atomic E-state index is 0.0596. The fourth-order valence-corrected chi connectivity index (χ4v) is 5.26. The third-order valence-corrected chi connectivity index (χ3v) is 6.69. The molecule has 114 valence electrons. The Kier molecular flexibility index (Phi) is 4.03. The van der Waals surface area contributed by atoms with E-state index in [2.05, 4.69) is 0 Å². The molecule has 1 aliphatic heterocycles. The first-order chi connectivity index (χ1) is 9.95. The molecule has 2 N–H and O–H groups in total. The van der Waals surface area contributed by atoms with E-state index < -0.39 is 10.0 Å². The summed E-state index contributed by atoms with van der Waals surface area (Å²) in [6, 6.07) is 7.16. The Morgan fingerprint density at radius 3 is 2.29 bits per heavy atom. The lowest BCUT2D eigenvalue weighted by Gasteiger charge is -2.17. The van der Waals surface area contributed by atoms with Crippen LogP contribution in [0.2, 0.25) is 0 Å². The average molecular weight is 324 g/mol. The lowest BCUT2D eigenvalue weighted by molar-refractivity contribution is 0.445. The van der Waals surface area contributed by atoms with E-state index in [4.69, 9.17) is 18.0 Å². The fraction of sp³-hybridized carbons (Fsp3) is 0.533. The Morgan fingerprint density at radius 1 is 1.19 bits per heavy atom. The van der Waals surface area contributed by atoms with Crippen LogP contribution in [-0.2, 0) is 15.8 Å². The Labute approximate surface area is 131 Å². The molecule has 0 aromatic heterocycles. The summed E-state index contributed by atoms with van der Waals surface area (Å²) in [4.78, 5) is 0.330. The van der Waals surface area contributed by atoms with Gasteiger partial charge in [0.25, 0.3) is 0 Å². The number of thiocarbonyl (C=S) groups is 1. The molecular formula is C15H20N2O2S2. The standard InChI is InChI=1S/C15H20N2O2S2/c16-15(20)12-6-4-11(5-7-12)10-21(18,19)17-8-13-2-1-3-14(13)9-17/h4-7,13-14H,1-3,8-10H2,(H2,16,20). The summed E-state index contributed by atoms with van der Waals surface area (Å²) in [7, 11) is -3.22. The van der Waals surface area contributed by atoms with Crippen LogP contribution in [0.25, 0.3) is 0 Å². The number of nitrogens with two attached hydrogens (primary N) is 1. The number of sulfonamides is 1. The van der Waals surface area contributed by atoms with Crippen LogP contribution < -0.4 is 5.73 Å². The van der Waals surface area contributed by atoms with E-state index in [9.17, 15) is 8.42 Å². The van der Waals surface area contributed by atoms with E-state index in [0.717, 1.165) is 11.1 Å². The van der Waals surface area contributed by atoms with Gasteiger partial charge in [0.2, 0.25) is 10.0 Å². The summed E-state index contributed by atoms with van der Waals surface area (Å²) in [6.07, 6.45) is 3.61. The van der Waals surface area contributed by atoms with Gasteiger partial charge in [0.05, 0.1) is 5.75 Å². The number of nitrogens with zero attached hydrogens (tertiary/aromatic N) is 1. The van der Waals surface area contributed by atoms with E-state index in [1.165, 1.54) is 19.3 Å². The average Bonchev–Trinajstić information content (AvgIpc) is 2.99. The summed E-state index contributed by atoms with van der Waals surface area (Å²) < 4.78 is 26.7. The molecule has 0 radical (unpaired) electrons. The van der Waals surface area contributed by atoms with Crippen molar-refractivity contribution in [2.45, 2.75) is 25.0 Å². The fourth-order valence-electron chi connectivity index (χ4n) is 3.49. The second-order valence-electron chi connectivity index (χ2n) is 6.09. The van der Waals surface area contributed by atoms with Crippen molar-refractivity contribution in [1.29, 1.82) is 0 Å². The predicted molar refractivity (Wildman–Crippen MR) is 87.4 cm³/mol. The first-order valence-electron chi connectivity index (χ1n) is 7.32. The zero-order valence-corrected chi connectivity index (χ0v) is 13.5. The molecule has 2 unspecified atom stereocenters. The van der Waals surface area contributed by atoms with Gasteiger partial charge in [-0.15, -0.1) is 0 Å². The lowest BCUT2D eigenvalue weighted by Crippen LogP contribution is -2.30. The van der Waals surface area contributed by atoms with Gasteiger partial charge in [-0.3, -0.25) is 0 Å². The highest BCUT2D eigenvalue weighted by atomic mass is 32.2. The van der Waals surface area contributed by atoms with Crippen molar-refractivity contribution in [3.63, 3.8) is 0 Å². The van der Waals surface area contributed by atoms with Crippen molar-refractivity contribution in [3.05, 3.63) is 35.4 Å². The number of hydrogen-bond donors (Lipinski definition) is 1. The van der Waals surface area contributed by atoms with Gasteiger partial charge >= 0.3 is 0 Å². The van der Waals surface area contributed by atoms with Gasteiger partial charge in [0.1, 0.15) is 4.99 Å². The van der Waals surface area contributed by atoms with Crippen LogP contribution in [0, 0.1) is 11.8 Å². The highest BCUT2D eigenvalue weighted by molar-refractivity contribution is 7.88. The number of rotatable bonds is 4. The van der Waals surface area contributed by atoms with Crippen LogP contribution in [0.15, 0.2) is 24.3 Å². The summed E-state index contributed by atoms with van der Waals surface area (Å²) >= 11 is 4.90. The monoisotopic (exact) mass is 324 g/mol. The summed E-state index contributed by atoms with van der Waals surface area (Å²) in [5.74, 6) is 1.22. The minimum Gasteiger partial charge on any atom is -0.389 e. The van der Waals surface area contributed by atoms with Gasteiger partial charge in [0, 0.05) is 18.7 Å². The van der Waals surface area contributed by atoms with Crippen LogP contribution in [0.3, 0.4) is 0 Å². The van der Waals surface area contributed by atoms with Gasteiger partial charge in [-0.1, -0.05) is 42.9 Å². The number of hydrogen-bond acceptors (Lipinski definition) is 3. The van der Waals surface area contributed by atoms with Crippen molar-refractivity contribution in [2.75, 3.05) is 13.1 Å². The lowest BCUT2D eigenvalue weighted by atomic mass is 10.0. The predicted octanol–water partition coefficient (Wildman–Crippen LogP) is 1.88. The number of fused-ring (bicyclic) bond motifs is 1. The van der Waals surface area contributed by atoms with Crippen molar-refractivity contribution in [1.82, 2.24) is 4.31 Å². The molecule has 1 aromatic rings. The smallest absolute Gasteiger partial charge is 0.218 e. The van der Waals surface area contributed by atoms with E-state index in [0.29, 0.717) is 29.9 Å². The normalized spacial score (nSPS) is 25.9. The zero-order chi connectivity index (χ0) is 15.0. The first-order valence-corrected chi connectivity index (χ1v) is 9.34. The molecule has 0 bridgehead atoms.